The quantitative estimate of drug-likeness (QED) is 0.167. The van der Waals surface area contributed by atoms with Crippen molar-refractivity contribution < 1.29 is 0 Å². The molecule has 4 bridgehead atoms. The first-order valence-electron chi connectivity index (χ1n) is 22.1. The van der Waals surface area contributed by atoms with Crippen LogP contribution >= 0.6 is 0 Å². The van der Waals surface area contributed by atoms with Crippen molar-refractivity contribution >= 4 is 10.9 Å². The zero-order chi connectivity index (χ0) is 40.8. The van der Waals surface area contributed by atoms with Crippen LogP contribution in [0.15, 0.2) is 171 Å². The highest BCUT2D eigenvalue weighted by molar-refractivity contribution is 5.96. The highest BCUT2D eigenvalue weighted by Gasteiger charge is 2.61. The van der Waals surface area contributed by atoms with Crippen molar-refractivity contribution in [2.24, 2.45) is 23.7 Å². The Morgan fingerprint density at radius 2 is 0.968 bits per heavy atom. The summed E-state index contributed by atoms with van der Waals surface area (Å²) in [6.45, 7) is 0. The van der Waals surface area contributed by atoms with E-state index in [-0.39, 0.29) is 5.41 Å². The van der Waals surface area contributed by atoms with Gasteiger partial charge >= 0.3 is 0 Å². The Labute approximate surface area is 360 Å². The molecule has 296 valence electrons. The van der Waals surface area contributed by atoms with Gasteiger partial charge in [0.05, 0.1) is 5.52 Å². The summed E-state index contributed by atoms with van der Waals surface area (Å²) in [6.07, 6.45) is 15.8. The maximum absolute atomic E-state index is 5.19. The molecule has 4 heterocycles. The van der Waals surface area contributed by atoms with Crippen molar-refractivity contribution in [3.8, 4) is 78.7 Å². The van der Waals surface area contributed by atoms with Gasteiger partial charge in [0.25, 0.3) is 0 Å². The summed E-state index contributed by atoms with van der Waals surface area (Å²) in [4.78, 5) is 28.7. The van der Waals surface area contributed by atoms with Crippen molar-refractivity contribution in [2.45, 2.75) is 37.5 Å². The first kappa shape index (κ1) is 35.6. The number of fused-ring (bicyclic) bond motifs is 4. The highest BCUT2D eigenvalue weighted by Crippen LogP contribution is 2.69. The molecule has 4 saturated carbocycles. The zero-order valence-electron chi connectivity index (χ0n) is 34.2. The van der Waals surface area contributed by atoms with Gasteiger partial charge in [0.2, 0.25) is 0 Å². The van der Waals surface area contributed by atoms with E-state index >= 15 is 0 Å². The Balaban J connectivity index is 1.03. The van der Waals surface area contributed by atoms with Crippen LogP contribution in [0.25, 0.3) is 89.6 Å². The van der Waals surface area contributed by atoms with E-state index in [0.29, 0.717) is 29.3 Å². The molecule has 1 spiro atoms. The molecule has 5 aromatic carbocycles. The molecule has 5 aliphatic carbocycles. The van der Waals surface area contributed by atoms with Gasteiger partial charge in [0, 0.05) is 58.5 Å². The largest absolute Gasteiger partial charge is 0.265 e. The predicted octanol–water partition coefficient (Wildman–Crippen LogP) is 12.9. The maximum Gasteiger partial charge on any atom is 0.164 e. The Bertz CT molecular complexity index is 3110. The second-order valence-corrected chi connectivity index (χ2v) is 18.0. The fraction of sp³-hybridized carbons (Fsp3) is 0.179. The summed E-state index contributed by atoms with van der Waals surface area (Å²) < 4.78 is 0. The van der Waals surface area contributed by atoms with E-state index in [9.17, 15) is 0 Å². The van der Waals surface area contributed by atoms with E-state index < -0.39 is 0 Å². The van der Waals surface area contributed by atoms with Gasteiger partial charge in [-0.05, 0) is 178 Å². The third-order valence-corrected chi connectivity index (χ3v) is 14.8. The third-order valence-electron chi connectivity index (χ3n) is 14.8. The molecule has 0 aliphatic heterocycles. The Hall–Kier alpha value is -7.18. The van der Waals surface area contributed by atoms with Crippen LogP contribution in [0.2, 0.25) is 0 Å². The van der Waals surface area contributed by atoms with Gasteiger partial charge < -0.3 is 0 Å². The molecule has 0 saturated heterocycles. The molecule has 4 fully saturated rings. The first-order chi connectivity index (χ1) is 30.7. The third kappa shape index (κ3) is 5.55. The number of hydrogen-bond donors (Lipinski definition) is 0. The van der Waals surface area contributed by atoms with Crippen molar-refractivity contribution in [1.29, 1.82) is 0 Å². The minimum atomic E-state index is 0.0259. The summed E-state index contributed by atoms with van der Waals surface area (Å²) in [7, 11) is 0. The monoisotopic (exact) mass is 798 g/mol. The summed E-state index contributed by atoms with van der Waals surface area (Å²) in [5.41, 5.74) is 16.7. The Morgan fingerprint density at radius 3 is 1.68 bits per heavy atom. The van der Waals surface area contributed by atoms with Crippen molar-refractivity contribution in [1.82, 2.24) is 29.9 Å². The van der Waals surface area contributed by atoms with Gasteiger partial charge in [-0.15, -0.1) is 0 Å². The van der Waals surface area contributed by atoms with Crippen LogP contribution in [0.1, 0.15) is 43.2 Å². The average Bonchev–Trinajstić information content (AvgIpc) is 3.62. The van der Waals surface area contributed by atoms with E-state index in [0.717, 1.165) is 56.1 Å². The number of nitrogens with zero attached hydrogens (tertiary/aromatic N) is 6. The van der Waals surface area contributed by atoms with Crippen molar-refractivity contribution in [3.63, 3.8) is 0 Å². The molecule has 4 aromatic heterocycles. The number of hydrogen-bond acceptors (Lipinski definition) is 6. The van der Waals surface area contributed by atoms with E-state index in [1.165, 1.54) is 65.5 Å². The smallest absolute Gasteiger partial charge is 0.164 e. The molecular weight excluding hydrogens is 757 g/mol. The maximum atomic E-state index is 5.19. The van der Waals surface area contributed by atoms with Gasteiger partial charge in [0.15, 0.2) is 17.5 Å². The average molecular weight is 799 g/mol. The molecule has 0 atom stereocenters. The molecule has 62 heavy (non-hydrogen) atoms. The summed E-state index contributed by atoms with van der Waals surface area (Å²) in [6, 6.07) is 50.9. The second kappa shape index (κ2) is 13.9. The van der Waals surface area contributed by atoms with Crippen LogP contribution < -0.4 is 0 Å². The second-order valence-electron chi connectivity index (χ2n) is 18.0. The molecule has 0 unspecified atom stereocenters. The minimum absolute atomic E-state index is 0.0259. The number of pyridine rings is 3. The van der Waals surface area contributed by atoms with Crippen LogP contribution in [-0.4, -0.2) is 29.9 Å². The van der Waals surface area contributed by atoms with Crippen molar-refractivity contribution in [3.05, 3.63) is 182 Å². The molecule has 0 N–H and O–H groups in total. The molecule has 14 rings (SSSR count). The van der Waals surface area contributed by atoms with E-state index in [2.05, 4.69) is 125 Å². The lowest BCUT2D eigenvalue weighted by Gasteiger charge is -2.61. The highest BCUT2D eigenvalue weighted by atomic mass is 15.0. The number of aromatic nitrogens is 6. The lowest BCUT2D eigenvalue weighted by Crippen LogP contribution is -2.55. The van der Waals surface area contributed by atoms with Gasteiger partial charge in [-0.2, -0.15) is 0 Å². The standard InChI is InChI=1S/C56H42N6/c1-2-6-36(7-3-1)39-11-13-50-49(32-39)47-12-10-40(33-51(47)56(50)44-25-34-24-35(27-44)28-45(56)26-34)41-29-42(46-18-23-59-52-9-5-4-8-48(46)52)31-43(30-41)55-61-53(37-14-19-57-20-15-37)60-54(62-55)38-16-21-58-22-17-38/h1-23,29-35,44-45H,24-28H2. The van der Waals surface area contributed by atoms with Gasteiger partial charge in [0.1, 0.15) is 0 Å². The minimum Gasteiger partial charge on any atom is -0.265 e. The first-order valence-corrected chi connectivity index (χ1v) is 22.1. The van der Waals surface area contributed by atoms with Crippen LogP contribution in [0.5, 0.6) is 0 Å². The summed E-state index contributed by atoms with van der Waals surface area (Å²) in [5, 5.41) is 1.11. The molecule has 0 radical (unpaired) electrons. The number of benzene rings is 5. The van der Waals surface area contributed by atoms with E-state index in [1.54, 1.807) is 30.4 Å². The SMILES string of the molecule is c1ccc(-c2ccc3c(c2)-c2ccc(-c4cc(-c5nc(-c6ccncc6)nc(-c6ccncc6)n5)cc(-c5ccnc6ccccc56)c4)cc2C32C3CC4CC(C3)CC2C4)cc1. The number of para-hydroxylation sites is 1. The molecule has 5 aliphatic rings. The van der Waals surface area contributed by atoms with Gasteiger partial charge in [-0.25, -0.2) is 15.0 Å². The van der Waals surface area contributed by atoms with Crippen LogP contribution in [0.3, 0.4) is 0 Å². The van der Waals surface area contributed by atoms with Crippen LogP contribution in [0.4, 0.5) is 0 Å². The molecule has 6 heteroatoms. The Morgan fingerprint density at radius 1 is 0.371 bits per heavy atom. The molecule has 6 nitrogen and oxygen atoms in total. The van der Waals surface area contributed by atoms with E-state index in [4.69, 9.17) is 19.9 Å². The fourth-order valence-electron chi connectivity index (χ4n) is 12.4. The van der Waals surface area contributed by atoms with Gasteiger partial charge in [-0.3, -0.25) is 15.0 Å². The topological polar surface area (TPSA) is 77.3 Å². The van der Waals surface area contributed by atoms with Crippen LogP contribution in [-0.2, 0) is 5.41 Å². The van der Waals surface area contributed by atoms with Crippen LogP contribution in [0, 0.1) is 23.7 Å². The molecular formula is C56H42N6. The fourth-order valence-corrected chi connectivity index (χ4v) is 12.4. The zero-order valence-corrected chi connectivity index (χ0v) is 34.2. The lowest BCUT2D eigenvalue weighted by molar-refractivity contribution is -0.0399. The molecule has 0 amide bonds. The van der Waals surface area contributed by atoms with E-state index in [1.807, 2.05) is 30.5 Å². The normalized spacial score (nSPS) is 21.6. The lowest BCUT2D eigenvalue weighted by atomic mass is 9.43. The van der Waals surface area contributed by atoms with Crippen molar-refractivity contribution in [2.75, 3.05) is 0 Å². The molecule has 9 aromatic rings. The summed E-state index contributed by atoms with van der Waals surface area (Å²) in [5.74, 6) is 4.85. The number of rotatable bonds is 6. The predicted molar refractivity (Wildman–Crippen MR) is 247 cm³/mol. The Kier molecular flexibility index (Phi) is 7.99. The summed E-state index contributed by atoms with van der Waals surface area (Å²) >= 11 is 0. The van der Waals surface area contributed by atoms with Gasteiger partial charge in [-0.1, -0.05) is 72.8 Å².